The Morgan fingerprint density at radius 3 is 2.24 bits per heavy atom. The third-order valence-corrected chi connectivity index (χ3v) is 2.93. The van der Waals surface area contributed by atoms with Gasteiger partial charge < -0.3 is 10.8 Å². The molecule has 3 N–H and O–H groups in total. The molecule has 96 valence electrons. The molecule has 1 aromatic rings. The fourth-order valence-corrected chi connectivity index (χ4v) is 1.67. The average Bonchev–Trinajstić information content (AvgIpc) is 2.23. The van der Waals surface area contributed by atoms with Crippen molar-refractivity contribution in [3.05, 3.63) is 34.9 Å². The van der Waals surface area contributed by atoms with Crippen LogP contribution in [0, 0.1) is 13.8 Å². The number of hydrogen-bond acceptors (Lipinski definition) is 2. The van der Waals surface area contributed by atoms with Crippen molar-refractivity contribution in [3.63, 3.8) is 0 Å². The Kier molecular flexibility index (Phi) is 4.16. The molecular weight excluding hydrogens is 231 g/mol. The highest BCUT2D eigenvalue weighted by atomic mass is 19.4. The summed E-state index contributed by atoms with van der Waals surface area (Å²) in [4.78, 5) is 0. The molecule has 5 heteroatoms. The third kappa shape index (κ3) is 3.20. The number of benzene rings is 1. The predicted molar refractivity (Wildman–Crippen MR) is 59.8 cm³/mol. The molecule has 0 aromatic heterocycles. The molecule has 1 rings (SSSR count). The number of aliphatic hydroxyl groups is 1. The number of nitrogens with two attached hydrogens (primary N) is 1. The van der Waals surface area contributed by atoms with Crippen molar-refractivity contribution < 1.29 is 18.3 Å². The van der Waals surface area contributed by atoms with Crippen LogP contribution in [0.4, 0.5) is 13.2 Å². The highest BCUT2D eigenvalue weighted by Crippen LogP contribution is 2.31. The Bertz CT molecular complexity index is 390. The van der Waals surface area contributed by atoms with Crippen molar-refractivity contribution in [2.45, 2.75) is 32.0 Å². The first kappa shape index (κ1) is 14.0. The number of aliphatic hydroxyl groups excluding tert-OH is 1. The van der Waals surface area contributed by atoms with Gasteiger partial charge in [0.05, 0.1) is 0 Å². The highest BCUT2D eigenvalue weighted by molar-refractivity contribution is 5.32. The fourth-order valence-electron chi connectivity index (χ4n) is 1.67. The Morgan fingerprint density at radius 2 is 1.82 bits per heavy atom. The van der Waals surface area contributed by atoms with Crippen LogP contribution in [-0.4, -0.2) is 23.9 Å². The van der Waals surface area contributed by atoms with E-state index >= 15 is 0 Å². The number of hydrogen-bond donors (Lipinski definition) is 2. The van der Waals surface area contributed by atoms with Crippen LogP contribution in [0.2, 0.25) is 0 Å². The Labute approximate surface area is 98.3 Å². The van der Waals surface area contributed by atoms with Gasteiger partial charge in [0.2, 0.25) is 0 Å². The van der Waals surface area contributed by atoms with Crippen LogP contribution in [0.3, 0.4) is 0 Å². The Hall–Kier alpha value is -1.07. The van der Waals surface area contributed by atoms with Gasteiger partial charge in [-0.2, -0.15) is 13.2 Å². The fraction of sp³-hybridized carbons (Fsp3) is 0.500. The lowest BCUT2D eigenvalue weighted by Crippen LogP contribution is -2.38. The first-order chi connectivity index (χ1) is 7.77. The van der Waals surface area contributed by atoms with E-state index in [-0.39, 0.29) is 6.54 Å². The van der Waals surface area contributed by atoms with E-state index in [0.717, 1.165) is 11.1 Å². The second kappa shape index (κ2) is 5.06. The topological polar surface area (TPSA) is 46.2 Å². The van der Waals surface area contributed by atoms with E-state index in [9.17, 15) is 18.3 Å². The molecule has 0 bridgehead atoms. The maximum absolute atomic E-state index is 12.4. The van der Waals surface area contributed by atoms with E-state index in [1.54, 1.807) is 18.2 Å². The third-order valence-electron chi connectivity index (χ3n) is 2.93. The zero-order valence-electron chi connectivity index (χ0n) is 9.75. The molecule has 1 aromatic carbocycles. The van der Waals surface area contributed by atoms with E-state index in [1.807, 2.05) is 13.8 Å². The number of alkyl halides is 3. The molecule has 0 fully saturated rings. The lowest BCUT2D eigenvalue weighted by molar-refractivity contribution is -0.209. The van der Waals surface area contributed by atoms with Gasteiger partial charge in [-0.05, 0) is 30.5 Å². The summed E-state index contributed by atoms with van der Waals surface area (Å²) in [5.74, 6) is -1.12. The quantitative estimate of drug-likeness (QED) is 0.860. The van der Waals surface area contributed by atoms with Crippen molar-refractivity contribution in [2.75, 3.05) is 6.54 Å². The summed E-state index contributed by atoms with van der Waals surface area (Å²) < 4.78 is 37.3. The van der Waals surface area contributed by atoms with Crippen molar-refractivity contribution in [1.29, 1.82) is 0 Å². The summed E-state index contributed by atoms with van der Waals surface area (Å²) in [6.07, 6.45) is -7.07. The van der Waals surface area contributed by atoms with Crippen molar-refractivity contribution in [1.82, 2.24) is 0 Å². The van der Waals surface area contributed by atoms with Gasteiger partial charge in [0.1, 0.15) is 0 Å². The van der Waals surface area contributed by atoms with Gasteiger partial charge in [-0.15, -0.1) is 0 Å². The molecule has 0 saturated heterocycles. The van der Waals surface area contributed by atoms with E-state index in [4.69, 9.17) is 5.73 Å². The summed E-state index contributed by atoms with van der Waals surface area (Å²) in [5.41, 5.74) is 7.62. The largest absolute Gasteiger partial charge is 0.414 e. The van der Waals surface area contributed by atoms with Gasteiger partial charge in [-0.3, -0.25) is 0 Å². The summed E-state index contributed by atoms with van der Waals surface area (Å²) >= 11 is 0. The molecule has 0 heterocycles. The van der Waals surface area contributed by atoms with E-state index in [1.165, 1.54) is 0 Å². The molecule has 2 unspecified atom stereocenters. The van der Waals surface area contributed by atoms with E-state index in [2.05, 4.69) is 0 Å². The van der Waals surface area contributed by atoms with E-state index < -0.39 is 18.2 Å². The summed E-state index contributed by atoms with van der Waals surface area (Å²) in [6.45, 7) is 3.44. The molecule has 2 nitrogen and oxygen atoms in total. The lowest BCUT2D eigenvalue weighted by atomic mass is 9.91. The van der Waals surface area contributed by atoms with Gasteiger partial charge >= 0.3 is 6.18 Å². The maximum atomic E-state index is 12.4. The van der Waals surface area contributed by atoms with E-state index in [0.29, 0.717) is 5.56 Å². The number of aryl methyl sites for hydroxylation is 2. The molecule has 0 spiro atoms. The van der Waals surface area contributed by atoms with Crippen LogP contribution in [0.5, 0.6) is 0 Å². The minimum atomic E-state index is -4.65. The molecule has 0 saturated carbocycles. The molecule has 0 aliphatic carbocycles. The second-order valence-electron chi connectivity index (χ2n) is 4.17. The minimum absolute atomic E-state index is 0.247. The number of halogens is 3. The van der Waals surface area contributed by atoms with Crippen LogP contribution >= 0.6 is 0 Å². The summed E-state index contributed by atoms with van der Waals surface area (Å²) in [7, 11) is 0. The van der Waals surface area contributed by atoms with Crippen molar-refractivity contribution in [3.8, 4) is 0 Å². The predicted octanol–water partition coefficient (Wildman–Crippen LogP) is 2.27. The average molecular weight is 247 g/mol. The molecule has 17 heavy (non-hydrogen) atoms. The van der Waals surface area contributed by atoms with Crippen LogP contribution < -0.4 is 5.73 Å². The normalized spacial score (nSPS) is 15.7. The van der Waals surface area contributed by atoms with Crippen LogP contribution in [0.25, 0.3) is 0 Å². The smallest absolute Gasteiger partial charge is 0.383 e. The van der Waals surface area contributed by atoms with Crippen molar-refractivity contribution >= 4 is 0 Å². The monoisotopic (exact) mass is 247 g/mol. The van der Waals surface area contributed by atoms with Gasteiger partial charge in [-0.25, -0.2) is 0 Å². The first-order valence-electron chi connectivity index (χ1n) is 5.29. The highest BCUT2D eigenvalue weighted by Gasteiger charge is 2.43. The SMILES string of the molecule is Cc1ccc(C(CN)C(O)C(F)(F)F)cc1C. The zero-order chi connectivity index (χ0) is 13.2. The molecule has 0 aliphatic rings. The van der Waals surface area contributed by atoms with Gasteiger partial charge in [0.15, 0.2) is 6.10 Å². The van der Waals surface area contributed by atoms with Gasteiger partial charge in [0, 0.05) is 12.5 Å². The lowest BCUT2D eigenvalue weighted by Gasteiger charge is -2.24. The summed E-state index contributed by atoms with van der Waals surface area (Å²) in [6, 6.07) is 4.95. The van der Waals surface area contributed by atoms with Crippen LogP contribution in [0.1, 0.15) is 22.6 Å². The van der Waals surface area contributed by atoms with Crippen molar-refractivity contribution in [2.24, 2.45) is 5.73 Å². The van der Waals surface area contributed by atoms with Gasteiger partial charge in [-0.1, -0.05) is 18.2 Å². The van der Waals surface area contributed by atoms with Gasteiger partial charge in [0.25, 0.3) is 0 Å². The first-order valence-corrected chi connectivity index (χ1v) is 5.29. The molecule has 0 aliphatic heterocycles. The molecule has 0 radical (unpaired) electrons. The Balaban J connectivity index is 3.05. The zero-order valence-corrected chi connectivity index (χ0v) is 9.75. The molecule has 2 atom stereocenters. The second-order valence-corrected chi connectivity index (χ2v) is 4.17. The van der Waals surface area contributed by atoms with Crippen LogP contribution in [0.15, 0.2) is 18.2 Å². The summed E-state index contributed by atoms with van der Waals surface area (Å²) in [5, 5.41) is 9.25. The molecule has 0 amide bonds. The van der Waals surface area contributed by atoms with Crippen LogP contribution in [-0.2, 0) is 0 Å². The maximum Gasteiger partial charge on any atom is 0.414 e. The number of rotatable bonds is 3. The standard InChI is InChI=1S/C12H16F3NO/c1-7-3-4-9(5-8(7)2)10(6-16)11(17)12(13,14)15/h3-5,10-11,17H,6,16H2,1-2H3. The Morgan fingerprint density at radius 1 is 1.24 bits per heavy atom. The molecular formula is C12H16F3NO. The minimum Gasteiger partial charge on any atom is -0.383 e.